The van der Waals surface area contributed by atoms with Crippen LogP contribution in [0.15, 0.2) is 29.2 Å². The zero-order valence-electron chi connectivity index (χ0n) is 12.6. The first-order valence-corrected chi connectivity index (χ1v) is 9.99. The summed E-state index contributed by atoms with van der Waals surface area (Å²) in [6.45, 7) is 4.32. The van der Waals surface area contributed by atoms with E-state index in [0.717, 1.165) is 23.4 Å². The Balaban J connectivity index is 1.80. The van der Waals surface area contributed by atoms with Crippen molar-refractivity contribution in [1.29, 1.82) is 0 Å². The van der Waals surface area contributed by atoms with Crippen molar-refractivity contribution in [3.8, 4) is 0 Å². The highest BCUT2D eigenvalue weighted by Gasteiger charge is 2.32. The topological polar surface area (TPSA) is 72.2 Å². The lowest BCUT2D eigenvalue weighted by Crippen LogP contribution is -2.39. The van der Waals surface area contributed by atoms with Gasteiger partial charge in [0, 0.05) is 22.4 Å². The first kappa shape index (κ1) is 16.6. The molecule has 0 bridgehead atoms. The summed E-state index contributed by atoms with van der Waals surface area (Å²) in [6, 6.07) is 7.60. The minimum atomic E-state index is -3.20. The fourth-order valence-corrected chi connectivity index (χ4v) is 5.34. The predicted molar refractivity (Wildman–Crippen MR) is 89.9 cm³/mol. The molecule has 118 valence electrons. The average Bonchev–Trinajstić information content (AvgIpc) is 2.72. The highest BCUT2D eigenvalue weighted by atomic mass is 32.2. The minimum absolute atomic E-state index is 0.103. The van der Waals surface area contributed by atoms with Crippen LogP contribution in [0.2, 0.25) is 0 Å². The van der Waals surface area contributed by atoms with Crippen LogP contribution in [-0.2, 0) is 10.0 Å². The molecule has 1 aromatic rings. The standard InChI is InChI=1S/C15H24N2O2S2/c1-11-3-8-15(12(11)2)17-21(18,19)10-9-20-14-6-4-13(16)5-7-14/h4-7,11-12,15,17H,3,8-10,16H2,1-2H3. The number of hydrogen-bond acceptors (Lipinski definition) is 4. The third-order valence-corrected chi connectivity index (χ3v) is 6.97. The zero-order chi connectivity index (χ0) is 15.5. The van der Waals surface area contributed by atoms with E-state index in [2.05, 4.69) is 18.6 Å². The summed E-state index contributed by atoms with van der Waals surface area (Å²) in [4.78, 5) is 1.04. The normalized spacial score (nSPS) is 26.1. The Bertz CT molecular complexity index is 558. The average molecular weight is 329 g/mol. The van der Waals surface area contributed by atoms with E-state index in [0.29, 0.717) is 17.6 Å². The molecule has 1 fully saturated rings. The van der Waals surface area contributed by atoms with Gasteiger partial charge in [-0.05, 0) is 48.9 Å². The van der Waals surface area contributed by atoms with Crippen LogP contribution in [0.4, 0.5) is 5.69 Å². The van der Waals surface area contributed by atoms with Crippen LogP contribution in [0.3, 0.4) is 0 Å². The lowest BCUT2D eigenvalue weighted by atomic mass is 9.98. The Hall–Kier alpha value is -0.720. The van der Waals surface area contributed by atoms with Crippen LogP contribution in [0.1, 0.15) is 26.7 Å². The molecule has 0 aliphatic heterocycles. The van der Waals surface area contributed by atoms with Gasteiger partial charge in [-0.2, -0.15) is 0 Å². The molecule has 2 rings (SSSR count). The lowest BCUT2D eigenvalue weighted by Gasteiger charge is -2.19. The van der Waals surface area contributed by atoms with Gasteiger partial charge in [-0.15, -0.1) is 11.8 Å². The smallest absolute Gasteiger partial charge is 0.212 e. The van der Waals surface area contributed by atoms with Crippen LogP contribution in [0.25, 0.3) is 0 Å². The summed E-state index contributed by atoms with van der Waals surface area (Å²) in [5.74, 6) is 1.72. The molecule has 1 aliphatic rings. The number of nitrogens with two attached hydrogens (primary N) is 1. The van der Waals surface area contributed by atoms with Gasteiger partial charge in [0.05, 0.1) is 5.75 Å². The van der Waals surface area contributed by atoms with Crippen molar-refractivity contribution in [2.45, 2.75) is 37.6 Å². The monoisotopic (exact) mass is 328 g/mol. The van der Waals surface area contributed by atoms with E-state index in [4.69, 9.17) is 5.73 Å². The molecule has 6 heteroatoms. The number of nitrogen functional groups attached to an aromatic ring is 1. The number of sulfonamides is 1. The van der Waals surface area contributed by atoms with Crippen LogP contribution >= 0.6 is 11.8 Å². The molecule has 3 unspecified atom stereocenters. The molecular weight excluding hydrogens is 304 g/mol. The Morgan fingerprint density at radius 1 is 1.24 bits per heavy atom. The van der Waals surface area contributed by atoms with E-state index in [-0.39, 0.29) is 11.8 Å². The molecule has 1 saturated carbocycles. The molecule has 1 aliphatic carbocycles. The van der Waals surface area contributed by atoms with E-state index in [1.165, 1.54) is 0 Å². The summed E-state index contributed by atoms with van der Waals surface area (Å²) < 4.78 is 27.1. The third kappa shape index (κ3) is 4.90. The fraction of sp³-hybridized carbons (Fsp3) is 0.600. The summed E-state index contributed by atoms with van der Waals surface area (Å²) in [6.07, 6.45) is 2.06. The summed E-state index contributed by atoms with van der Waals surface area (Å²) in [5.41, 5.74) is 6.35. The lowest BCUT2D eigenvalue weighted by molar-refractivity contribution is 0.402. The maximum absolute atomic E-state index is 12.1. The van der Waals surface area contributed by atoms with Gasteiger partial charge in [-0.1, -0.05) is 13.8 Å². The van der Waals surface area contributed by atoms with Crippen LogP contribution < -0.4 is 10.5 Å². The van der Waals surface area contributed by atoms with Crippen molar-refractivity contribution in [2.75, 3.05) is 17.2 Å². The molecule has 0 radical (unpaired) electrons. The Morgan fingerprint density at radius 2 is 1.90 bits per heavy atom. The molecule has 3 atom stereocenters. The summed E-state index contributed by atoms with van der Waals surface area (Å²) >= 11 is 1.54. The second kappa shape index (κ2) is 7.03. The van der Waals surface area contributed by atoms with Gasteiger partial charge in [-0.25, -0.2) is 13.1 Å². The van der Waals surface area contributed by atoms with Gasteiger partial charge >= 0.3 is 0 Å². The highest BCUT2D eigenvalue weighted by Crippen LogP contribution is 2.31. The molecule has 4 nitrogen and oxygen atoms in total. The van der Waals surface area contributed by atoms with Gasteiger partial charge in [-0.3, -0.25) is 0 Å². The molecule has 0 spiro atoms. The van der Waals surface area contributed by atoms with Crippen molar-refractivity contribution in [1.82, 2.24) is 4.72 Å². The van der Waals surface area contributed by atoms with E-state index in [1.54, 1.807) is 11.8 Å². The van der Waals surface area contributed by atoms with E-state index >= 15 is 0 Å². The fourth-order valence-electron chi connectivity index (χ4n) is 2.65. The van der Waals surface area contributed by atoms with Crippen molar-refractivity contribution >= 4 is 27.5 Å². The third-order valence-electron chi connectivity index (χ3n) is 4.30. The van der Waals surface area contributed by atoms with Crippen LogP contribution in [0, 0.1) is 11.8 Å². The number of benzene rings is 1. The zero-order valence-corrected chi connectivity index (χ0v) is 14.2. The van der Waals surface area contributed by atoms with Crippen LogP contribution in [0.5, 0.6) is 0 Å². The van der Waals surface area contributed by atoms with Gasteiger partial charge < -0.3 is 5.73 Å². The second-order valence-corrected chi connectivity index (χ2v) is 8.92. The van der Waals surface area contributed by atoms with Gasteiger partial charge in [0.1, 0.15) is 0 Å². The van der Waals surface area contributed by atoms with Gasteiger partial charge in [0.25, 0.3) is 0 Å². The maximum Gasteiger partial charge on any atom is 0.212 e. The first-order valence-electron chi connectivity index (χ1n) is 7.36. The molecule has 1 aromatic carbocycles. The largest absolute Gasteiger partial charge is 0.399 e. The number of rotatable bonds is 6. The molecule has 21 heavy (non-hydrogen) atoms. The summed E-state index contributed by atoms with van der Waals surface area (Å²) in [7, 11) is -3.20. The molecule has 0 aromatic heterocycles. The Labute approximate surface area is 131 Å². The number of anilines is 1. The minimum Gasteiger partial charge on any atom is -0.399 e. The molecule has 0 heterocycles. The maximum atomic E-state index is 12.1. The van der Waals surface area contributed by atoms with Crippen LogP contribution in [-0.4, -0.2) is 26.0 Å². The Morgan fingerprint density at radius 3 is 2.48 bits per heavy atom. The van der Waals surface area contributed by atoms with Crippen molar-refractivity contribution in [3.63, 3.8) is 0 Å². The SMILES string of the molecule is CC1CCC(NS(=O)(=O)CCSc2ccc(N)cc2)C1C. The van der Waals surface area contributed by atoms with E-state index in [1.807, 2.05) is 24.3 Å². The van der Waals surface area contributed by atoms with E-state index in [9.17, 15) is 8.42 Å². The van der Waals surface area contributed by atoms with Gasteiger partial charge in [0.15, 0.2) is 0 Å². The van der Waals surface area contributed by atoms with Crippen molar-refractivity contribution in [3.05, 3.63) is 24.3 Å². The van der Waals surface area contributed by atoms with Gasteiger partial charge in [0.2, 0.25) is 10.0 Å². The first-order chi connectivity index (χ1) is 9.87. The number of hydrogen-bond donors (Lipinski definition) is 2. The van der Waals surface area contributed by atoms with Crippen molar-refractivity contribution < 1.29 is 8.42 Å². The summed E-state index contributed by atoms with van der Waals surface area (Å²) in [5, 5.41) is 0. The Kier molecular flexibility index (Phi) is 5.57. The van der Waals surface area contributed by atoms with Crippen molar-refractivity contribution in [2.24, 2.45) is 11.8 Å². The predicted octanol–water partition coefficient (Wildman–Crippen LogP) is 2.71. The number of nitrogens with one attached hydrogen (secondary N) is 1. The molecule has 0 amide bonds. The molecule has 3 N–H and O–H groups in total. The highest BCUT2D eigenvalue weighted by molar-refractivity contribution is 8.00. The second-order valence-electron chi connectivity index (χ2n) is 5.87. The van der Waals surface area contributed by atoms with E-state index < -0.39 is 10.0 Å². The number of thioether (sulfide) groups is 1. The molecule has 0 saturated heterocycles. The quantitative estimate of drug-likeness (QED) is 0.622. The molecular formula is C15H24N2O2S2.